The molecule has 0 amide bonds. The topological polar surface area (TPSA) is 46.4 Å². The Hall–Kier alpha value is -2.07. The van der Waals surface area contributed by atoms with Gasteiger partial charge < -0.3 is 4.90 Å². The number of fused-ring (bicyclic) bond motifs is 1. The molecule has 2 aromatic rings. The molecule has 0 bridgehead atoms. The van der Waals surface area contributed by atoms with Crippen molar-refractivity contribution in [3.63, 3.8) is 0 Å². The predicted octanol–water partition coefficient (Wildman–Crippen LogP) is 3.81. The fourth-order valence-electron chi connectivity index (χ4n) is 2.57. The molecule has 0 fully saturated rings. The van der Waals surface area contributed by atoms with Crippen LogP contribution >= 0.6 is 11.6 Å². The average molecular weight is 289 g/mol. The van der Waals surface area contributed by atoms with Gasteiger partial charge in [-0.2, -0.15) is 0 Å². The summed E-state index contributed by atoms with van der Waals surface area (Å²) in [5, 5.41) is 11.4. The number of nitro groups is 1. The Morgan fingerprint density at radius 1 is 1.25 bits per heavy atom. The molecule has 1 aliphatic rings. The van der Waals surface area contributed by atoms with Gasteiger partial charge in [0.2, 0.25) is 0 Å². The first-order valence-electron chi connectivity index (χ1n) is 6.41. The van der Waals surface area contributed by atoms with Crippen LogP contribution in [0.25, 0.3) is 0 Å². The van der Waals surface area contributed by atoms with Gasteiger partial charge in [0, 0.05) is 35.9 Å². The van der Waals surface area contributed by atoms with Crippen LogP contribution in [0.5, 0.6) is 0 Å². The van der Waals surface area contributed by atoms with E-state index in [9.17, 15) is 10.1 Å². The Balaban J connectivity index is 1.89. The zero-order valence-electron chi connectivity index (χ0n) is 10.8. The molecule has 20 heavy (non-hydrogen) atoms. The van der Waals surface area contributed by atoms with Gasteiger partial charge in [-0.05, 0) is 29.7 Å². The highest BCUT2D eigenvalue weighted by atomic mass is 35.5. The normalized spacial score (nSPS) is 13.3. The Morgan fingerprint density at radius 3 is 2.85 bits per heavy atom. The Bertz CT molecular complexity index is 673. The van der Waals surface area contributed by atoms with Gasteiger partial charge in [0.1, 0.15) is 0 Å². The van der Waals surface area contributed by atoms with Gasteiger partial charge >= 0.3 is 0 Å². The number of hydrogen-bond donors (Lipinski definition) is 0. The molecule has 0 saturated heterocycles. The number of benzene rings is 2. The number of rotatable bonds is 3. The first-order chi connectivity index (χ1) is 9.65. The molecule has 0 atom stereocenters. The molecule has 5 heteroatoms. The number of nitrogens with zero attached hydrogens (tertiary/aromatic N) is 2. The lowest BCUT2D eigenvalue weighted by Gasteiger charge is -2.20. The second-order valence-corrected chi connectivity index (χ2v) is 5.24. The zero-order valence-corrected chi connectivity index (χ0v) is 11.5. The highest BCUT2D eigenvalue weighted by molar-refractivity contribution is 6.31. The predicted molar refractivity (Wildman–Crippen MR) is 79.3 cm³/mol. The van der Waals surface area contributed by atoms with Gasteiger partial charge in [-0.15, -0.1) is 0 Å². The van der Waals surface area contributed by atoms with Crippen molar-refractivity contribution in [2.75, 3.05) is 11.4 Å². The second kappa shape index (κ2) is 5.13. The summed E-state index contributed by atoms with van der Waals surface area (Å²) in [6.45, 7) is 1.51. The lowest BCUT2D eigenvalue weighted by atomic mass is 10.1. The maximum absolute atomic E-state index is 10.8. The van der Waals surface area contributed by atoms with E-state index >= 15 is 0 Å². The van der Waals surface area contributed by atoms with E-state index in [4.69, 9.17) is 11.6 Å². The lowest BCUT2D eigenvalue weighted by molar-refractivity contribution is -0.384. The molecule has 0 spiro atoms. The third-order valence-corrected chi connectivity index (χ3v) is 3.95. The van der Waals surface area contributed by atoms with Crippen LogP contribution in [-0.4, -0.2) is 11.5 Å². The van der Waals surface area contributed by atoms with Crippen LogP contribution in [0.2, 0.25) is 5.02 Å². The Kier molecular flexibility index (Phi) is 3.32. The minimum atomic E-state index is -0.391. The fraction of sp³-hybridized carbons (Fsp3) is 0.200. The van der Waals surface area contributed by atoms with Crippen LogP contribution < -0.4 is 4.90 Å². The summed E-state index contributed by atoms with van der Waals surface area (Å²) in [5.41, 5.74) is 3.37. The zero-order chi connectivity index (χ0) is 14.1. The molecule has 1 heterocycles. The summed E-state index contributed by atoms with van der Waals surface area (Å²) in [6, 6.07) is 12.8. The first kappa shape index (κ1) is 12.9. The molecular formula is C15H13ClN2O2. The molecule has 0 unspecified atom stereocenters. The Labute approximate surface area is 121 Å². The van der Waals surface area contributed by atoms with Crippen molar-refractivity contribution < 1.29 is 4.92 Å². The van der Waals surface area contributed by atoms with E-state index in [1.54, 1.807) is 12.1 Å². The summed E-state index contributed by atoms with van der Waals surface area (Å²) >= 11 is 6.16. The number of hydrogen-bond acceptors (Lipinski definition) is 3. The third kappa shape index (κ3) is 2.34. The van der Waals surface area contributed by atoms with E-state index in [1.165, 1.54) is 17.3 Å². The molecule has 3 rings (SSSR count). The number of non-ortho nitro benzene ring substituents is 1. The van der Waals surface area contributed by atoms with Crippen molar-refractivity contribution in [1.29, 1.82) is 0 Å². The van der Waals surface area contributed by atoms with Gasteiger partial charge in [-0.1, -0.05) is 29.8 Å². The van der Waals surface area contributed by atoms with Gasteiger partial charge in [0.25, 0.3) is 5.69 Å². The van der Waals surface area contributed by atoms with Crippen LogP contribution in [0.4, 0.5) is 11.4 Å². The standard InChI is InChI=1S/C15H13ClN2O2/c16-14-6-5-13(18(19)20)9-12(14)10-17-8-7-11-3-1-2-4-15(11)17/h1-6,9H,7-8,10H2. The smallest absolute Gasteiger partial charge is 0.269 e. The summed E-state index contributed by atoms with van der Waals surface area (Å²) in [5.74, 6) is 0. The van der Waals surface area contributed by atoms with E-state index in [1.807, 2.05) is 12.1 Å². The summed E-state index contributed by atoms with van der Waals surface area (Å²) in [7, 11) is 0. The van der Waals surface area contributed by atoms with Gasteiger partial charge in [0.15, 0.2) is 0 Å². The van der Waals surface area contributed by atoms with E-state index < -0.39 is 4.92 Å². The molecule has 2 aromatic carbocycles. The molecule has 0 N–H and O–H groups in total. The van der Waals surface area contributed by atoms with Crippen molar-refractivity contribution in [1.82, 2.24) is 0 Å². The summed E-state index contributed by atoms with van der Waals surface area (Å²) in [4.78, 5) is 12.7. The quantitative estimate of drug-likeness (QED) is 0.637. The lowest BCUT2D eigenvalue weighted by Crippen LogP contribution is -2.19. The Morgan fingerprint density at radius 2 is 2.05 bits per heavy atom. The second-order valence-electron chi connectivity index (χ2n) is 4.83. The van der Waals surface area contributed by atoms with Crippen molar-refractivity contribution in [2.45, 2.75) is 13.0 Å². The SMILES string of the molecule is O=[N+]([O-])c1ccc(Cl)c(CN2CCc3ccccc32)c1. The molecule has 0 radical (unpaired) electrons. The molecule has 0 aliphatic carbocycles. The van der Waals surface area contributed by atoms with Crippen LogP contribution in [0.15, 0.2) is 42.5 Å². The maximum Gasteiger partial charge on any atom is 0.269 e. The maximum atomic E-state index is 10.8. The molecule has 0 saturated carbocycles. The molecule has 4 nitrogen and oxygen atoms in total. The van der Waals surface area contributed by atoms with Crippen molar-refractivity contribution in [2.24, 2.45) is 0 Å². The number of anilines is 1. The van der Waals surface area contributed by atoms with Crippen molar-refractivity contribution >= 4 is 23.0 Å². The molecule has 102 valence electrons. The third-order valence-electron chi connectivity index (χ3n) is 3.58. The van der Waals surface area contributed by atoms with E-state index in [-0.39, 0.29) is 5.69 Å². The monoisotopic (exact) mass is 288 g/mol. The number of para-hydroxylation sites is 1. The first-order valence-corrected chi connectivity index (χ1v) is 6.78. The van der Waals surface area contributed by atoms with E-state index in [2.05, 4.69) is 17.0 Å². The van der Waals surface area contributed by atoms with Crippen LogP contribution in [0, 0.1) is 10.1 Å². The van der Waals surface area contributed by atoms with E-state index in [0.29, 0.717) is 11.6 Å². The van der Waals surface area contributed by atoms with Crippen LogP contribution in [0.1, 0.15) is 11.1 Å². The van der Waals surface area contributed by atoms with Gasteiger partial charge in [-0.25, -0.2) is 0 Å². The highest BCUT2D eigenvalue weighted by Gasteiger charge is 2.20. The highest BCUT2D eigenvalue weighted by Crippen LogP contribution is 2.31. The van der Waals surface area contributed by atoms with Crippen molar-refractivity contribution in [3.05, 3.63) is 68.7 Å². The number of halogens is 1. The van der Waals surface area contributed by atoms with Gasteiger partial charge in [0.05, 0.1) is 4.92 Å². The van der Waals surface area contributed by atoms with Gasteiger partial charge in [-0.3, -0.25) is 10.1 Å². The van der Waals surface area contributed by atoms with Crippen molar-refractivity contribution in [3.8, 4) is 0 Å². The largest absolute Gasteiger partial charge is 0.367 e. The molecule has 0 aromatic heterocycles. The van der Waals surface area contributed by atoms with Crippen LogP contribution in [-0.2, 0) is 13.0 Å². The minimum absolute atomic E-state index is 0.0804. The summed E-state index contributed by atoms with van der Waals surface area (Å²) < 4.78 is 0. The molecular weight excluding hydrogens is 276 g/mol. The summed E-state index contributed by atoms with van der Waals surface area (Å²) in [6.07, 6.45) is 1.00. The molecule has 1 aliphatic heterocycles. The number of nitro benzene ring substituents is 1. The minimum Gasteiger partial charge on any atom is -0.367 e. The van der Waals surface area contributed by atoms with Crippen LogP contribution in [0.3, 0.4) is 0 Å². The van der Waals surface area contributed by atoms with E-state index in [0.717, 1.165) is 18.5 Å². The average Bonchev–Trinajstić information content (AvgIpc) is 2.84. The fourth-order valence-corrected chi connectivity index (χ4v) is 2.75.